The van der Waals surface area contributed by atoms with Crippen LogP contribution in [-0.4, -0.2) is 39.8 Å². The highest BCUT2D eigenvalue weighted by molar-refractivity contribution is 5.87. The van der Waals surface area contributed by atoms with Crippen molar-refractivity contribution in [3.05, 3.63) is 35.1 Å². The number of rotatable bonds is 5. The van der Waals surface area contributed by atoms with E-state index in [4.69, 9.17) is 5.11 Å². The molecule has 1 amide bonds. The molecule has 0 radical (unpaired) electrons. The Kier molecular flexibility index (Phi) is 4.96. The van der Waals surface area contributed by atoms with Crippen LogP contribution in [0.15, 0.2) is 18.2 Å². The van der Waals surface area contributed by atoms with Crippen LogP contribution in [0.1, 0.15) is 28.9 Å². The van der Waals surface area contributed by atoms with Gasteiger partial charge in [-0.1, -0.05) is 6.07 Å². The largest absolute Gasteiger partial charge is 0.478 e. The Morgan fingerprint density at radius 2 is 2.00 bits per heavy atom. The van der Waals surface area contributed by atoms with Crippen molar-refractivity contribution in [3.63, 3.8) is 0 Å². The summed E-state index contributed by atoms with van der Waals surface area (Å²) in [5, 5.41) is 30.2. The zero-order valence-corrected chi connectivity index (χ0v) is 10.1. The van der Waals surface area contributed by atoms with Gasteiger partial charge < -0.3 is 20.6 Å². The fraction of sp³-hybridized carbons (Fsp3) is 0.333. The van der Waals surface area contributed by atoms with Crippen LogP contribution in [-0.2, 0) is 4.79 Å². The highest BCUT2D eigenvalue weighted by Crippen LogP contribution is 2.21. The normalized spacial score (nSPS) is 13.7. The van der Waals surface area contributed by atoms with Crippen LogP contribution in [0.2, 0.25) is 0 Å². The third-order valence-electron chi connectivity index (χ3n) is 2.49. The standard InChI is InChI=1S/C12H14FNO5/c1-6(15)14-5-10(16)11(17)8-3-2-7(12(18)19)4-9(8)13/h2-4,10-11,16-17H,5H2,1H3,(H,14,15)(H,18,19). The molecule has 0 aliphatic heterocycles. The molecule has 104 valence electrons. The molecule has 0 bridgehead atoms. The van der Waals surface area contributed by atoms with Crippen molar-refractivity contribution < 1.29 is 29.3 Å². The Morgan fingerprint density at radius 3 is 2.47 bits per heavy atom. The van der Waals surface area contributed by atoms with E-state index in [0.29, 0.717) is 0 Å². The average molecular weight is 271 g/mol. The number of aliphatic hydroxyl groups excluding tert-OH is 2. The van der Waals surface area contributed by atoms with Gasteiger partial charge in [0.05, 0.1) is 5.56 Å². The molecule has 6 nitrogen and oxygen atoms in total. The van der Waals surface area contributed by atoms with Gasteiger partial charge in [-0.2, -0.15) is 0 Å². The summed E-state index contributed by atoms with van der Waals surface area (Å²) in [7, 11) is 0. The quantitative estimate of drug-likeness (QED) is 0.605. The fourth-order valence-corrected chi connectivity index (χ4v) is 1.47. The van der Waals surface area contributed by atoms with E-state index in [1.165, 1.54) is 6.92 Å². The number of nitrogens with one attached hydrogen (secondary N) is 1. The Balaban J connectivity index is 2.84. The number of carbonyl (C=O) groups is 2. The zero-order chi connectivity index (χ0) is 14.6. The summed E-state index contributed by atoms with van der Waals surface area (Å²) in [6, 6.07) is 2.96. The van der Waals surface area contributed by atoms with Gasteiger partial charge in [0.25, 0.3) is 0 Å². The molecule has 2 atom stereocenters. The van der Waals surface area contributed by atoms with E-state index in [0.717, 1.165) is 18.2 Å². The summed E-state index contributed by atoms with van der Waals surface area (Å²) in [4.78, 5) is 21.3. The number of carboxylic acid groups (broad SMARTS) is 1. The van der Waals surface area contributed by atoms with Crippen molar-refractivity contribution in [3.8, 4) is 0 Å². The molecule has 7 heteroatoms. The van der Waals surface area contributed by atoms with E-state index in [2.05, 4.69) is 5.32 Å². The molecule has 0 aliphatic carbocycles. The highest BCUT2D eigenvalue weighted by atomic mass is 19.1. The lowest BCUT2D eigenvalue weighted by molar-refractivity contribution is -0.119. The zero-order valence-electron chi connectivity index (χ0n) is 10.1. The molecule has 0 saturated heterocycles. The first-order chi connectivity index (χ1) is 8.82. The lowest BCUT2D eigenvalue weighted by Crippen LogP contribution is -2.34. The summed E-state index contributed by atoms with van der Waals surface area (Å²) in [6.45, 7) is 0.998. The SMILES string of the molecule is CC(=O)NCC(O)C(O)c1ccc(C(=O)O)cc1F. The molecule has 0 heterocycles. The Labute approximate surface area is 108 Å². The van der Waals surface area contributed by atoms with Gasteiger partial charge in [0.1, 0.15) is 18.0 Å². The van der Waals surface area contributed by atoms with Gasteiger partial charge in [-0.15, -0.1) is 0 Å². The van der Waals surface area contributed by atoms with Crippen LogP contribution in [0.4, 0.5) is 4.39 Å². The number of halogens is 1. The van der Waals surface area contributed by atoms with Crippen LogP contribution in [0, 0.1) is 5.82 Å². The molecule has 2 unspecified atom stereocenters. The number of aromatic carboxylic acids is 1. The molecule has 0 aliphatic rings. The van der Waals surface area contributed by atoms with Crippen molar-refractivity contribution in [2.75, 3.05) is 6.54 Å². The third-order valence-corrected chi connectivity index (χ3v) is 2.49. The van der Waals surface area contributed by atoms with E-state index in [9.17, 15) is 24.2 Å². The van der Waals surface area contributed by atoms with Crippen molar-refractivity contribution in [1.29, 1.82) is 0 Å². The minimum atomic E-state index is -1.56. The Hall–Kier alpha value is -1.99. The monoisotopic (exact) mass is 271 g/mol. The van der Waals surface area contributed by atoms with Gasteiger partial charge in [-0.05, 0) is 12.1 Å². The van der Waals surface area contributed by atoms with E-state index in [-0.39, 0.29) is 17.7 Å². The van der Waals surface area contributed by atoms with Gasteiger partial charge in [-0.3, -0.25) is 4.79 Å². The third kappa shape index (κ3) is 4.01. The predicted molar refractivity (Wildman–Crippen MR) is 63.0 cm³/mol. The second kappa shape index (κ2) is 6.26. The summed E-state index contributed by atoms with van der Waals surface area (Å²) >= 11 is 0. The smallest absolute Gasteiger partial charge is 0.335 e. The molecule has 0 fully saturated rings. The maximum absolute atomic E-state index is 13.6. The number of hydrogen-bond acceptors (Lipinski definition) is 4. The van der Waals surface area contributed by atoms with E-state index < -0.39 is 29.9 Å². The highest BCUT2D eigenvalue weighted by Gasteiger charge is 2.22. The first-order valence-electron chi connectivity index (χ1n) is 5.46. The molecule has 4 N–H and O–H groups in total. The van der Waals surface area contributed by atoms with Crippen molar-refractivity contribution in [1.82, 2.24) is 5.32 Å². The maximum Gasteiger partial charge on any atom is 0.335 e. The lowest BCUT2D eigenvalue weighted by atomic mass is 10.0. The van der Waals surface area contributed by atoms with E-state index in [1.807, 2.05) is 0 Å². The summed E-state index contributed by atoms with van der Waals surface area (Å²) in [5.41, 5.74) is -0.493. The first-order valence-corrected chi connectivity index (χ1v) is 5.46. The van der Waals surface area contributed by atoms with Gasteiger partial charge in [0, 0.05) is 19.0 Å². The van der Waals surface area contributed by atoms with Gasteiger partial charge in [-0.25, -0.2) is 9.18 Å². The molecule has 1 rings (SSSR count). The van der Waals surface area contributed by atoms with Crippen molar-refractivity contribution in [2.24, 2.45) is 0 Å². The fourth-order valence-electron chi connectivity index (χ4n) is 1.47. The lowest BCUT2D eigenvalue weighted by Gasteiger charge is -2.19. The first kappa shape index (κ1) is 15.1. The topological polar surface area (TPSA) is 107 Å². The molecule has 0 saturated carbocycles. The maximum atomic E-state index is 13.6. The number of hydrogen-bond donors (Lipinski definition) is 4. The number of amides is 1. The molecular weight excluding hydrogens is 257 g/mol. The van der Waals surface area contributed by atoms with Crippen LogP contribution in [0.25, 0.3) is 0 Å². The molecule has 1 aromatic carbocycles. The van der Waals surface area contributed by atoms with Gasteiger partial charge in [0.15, 0.2) is 0 Å². The van der Waals surface area contributed by atoms with E-state index in [1.54, 1.807) is 0 Å². The van der Waals surface area contributed by atoms with Crippen LogP contribution >= 0.6 is 0 Å². The van der Waals surface area contributed by atoms with E-state index >= 15 is 0 Å². The molecule has 1 aromatic rings. The summed E-state index contributed by atoms with van der Waals surface area (Å²) in [5.74, 6) is -2.62. The average Bonchev–Trinajstić information content (AvgIpc) is 2.34. The summed E-state index contributed by atoms with van der Waals surface area (Å²) in [6.07, 6.45) is -2.95. The predicted octanol–water partition coefficient (Wildman–Crippen LogP) is 0.0543. The van der Waals surface area contributed by atoms with Crippen molar-refractivity contribution >= 4 is 11.9 Å². The molecule has 0 aromatic heterocycles. The van der Waals surface area contributed by atoms with Crippen molar-refractivity contribution in [2.45, 2.75) is 19.1 Å². The summed E-state index contributed by atoms with van der Waals surface area (Å²) < 4.78 is 13.6. The number of carbonyl (C=O) groups excluding carboxylic acids is 1. The number of aliphatic hydroxyl groups is 2. The Bertz CT molecular complexity index is 491. The molecule has 0 spiro atoms. The number of carboxylic acids is 1. The second-order valence-corrected chi connectivity index (χ2v) is 3.99. The minimum absolute atomic E-state index is 0.233. The molecular formula is C12H14FNO5. The van der Waals surface area contributed by atoms with Crippen LogP contribution < -0.4 is 5.32 Å². The van der Waals surface area contributed by atoms with Crippen LogP contribution in [0.3, 0.4) is 0 Å². The minimum Gasteiger partial charge on any atom is -0.478 e. The number of benzene rings is 1. The second-order valence-electron chi connectivity index (χ2n) is 3.99. The van der Waals surface area contributed by atoms with Crippen LogP contribution in [0.5, 0.6) is 0 Å². The Morgan fingerprint density at radius 1 is 1.37 bits per heavy atom. The van der Waals surface area contributed by atoms with Gasteiger partial charge in [0.2, 0.25) is 5.91 Å². The molecule has 19 heavy (non-hydrogen) atoms. The van der Waals surface area contributed by atoms with Gasteiger partial charge >= 0.3 is 5.97 Å².